The molecule has 0 saturated heterocycles. The molecule has 0 N–H and O–H groups in total. The van der Waals surface area contributed by atoms with Crippen LogP contribution in [0.1, 0.15) is 240 Å². The largest absolute Gasteiger partial charge is 0.465 e. The minimum absolute atomic E-state index is 0.0703. The number of carbonyl (C=O) groups excluding carboxylic acids is 2. The van der Waals surface area contributed by atoms with Gasteiger partial charge in [0.1, 0.15) is 0 Å². The summed E-state index contributed by atoms with van der Waals surface area (Å²) in [6, 6.07) is 0. The van der Waals surface area contributed by atoms with Gasteiger partial charge in [-0.3, -0.25) is 9.59 Å². The first-order valence-electron chi connectivity index (χ1n) is 23.1. The van der Waals surface area contributed by atoms with E-state index in [1.165, 1.54) is 141 Å². The quantitative estimate of drug-likeness (QED) is 0.0465. The monoisotopic (exact) mass is 722 g/mol. The van der Waals surface area contributed by atoms with Crippen molar-refractivity contribution in [2.45, 2.75) is 240 Å². The Morgan fingerprint density at radius 3 is 0.980 bits per heavy atom. The summed E-state index contributed by atoms with van der Waals surface area (Å²) in [5.74, 6) is 0.360. The van der Waals surface area contributed by atoms with Crippen molar-refractivity contribution >= 4 is 11.9 Å². The molecular weight excluding hydrogens is 631 g/mol. The number of hydrogen-bond acceptors (Lipinski definition) is 5. The molecule has 304 valence electrons. The highest BCUT2D eigenvalue weighted by molar-refractivity contribution is 5.72. The Labute approximate surface area is 319 Å². The Balaban J connectivity index is 4.10. The standard InChI is InChI=1S/C46H91NO4/c1-6-11-15-19-21-29-37-43(35-27-17-13-8-3)45(48)50-41-33-25-23-31-39-47(10-5)40-32-24-26-34-42-51-46(49)44(36-28-18-14-9-4)38-30-22-20-16-12-7-2/h43-44H,6-42H2,1-5H3. The number of hydrogen-bond donors (Lipinski definition) is 0. The van der Waals surface area contributed by atoms with Gasteiger partial charge in [-0.15, -0.1) is 0 Å². The summed E-state index contributed by atoms with van der Waals surface area (Å²) in [6.07, 6.45) is 38.3. The molecule has 0 aromatic heterocycles. The molecule has 0 amide bonds. The van der Waals surface area contributed by atoms with Crippen molar-refractivity contribution in [3.05, 3.63) is 0 Å². The smallest absolute Gasteiger partial charge is 0.308 e. The van der Waals surface area contributed by atoms with E-state index < -0.39 is 0 Å². The topological polar surface area (TPSA) is 55.8 Å². The summed E-state index contributed by atoms with van der Waals surface area (Å²) in [5, 5.41) is 0. The predicted octanol–water partition coefficient (Wildman–Crippen LogP) is 14.2. The van der Waals surface area contributed by atoms with Crippen molar-refractivity contribution in [1.82, 2.24) is 4.90 Å². The molecule has 0 aromatic rings. The van der Waals surface area contributed by atoms with E-state index in [1.54, 1.807) is 0 Å². The van der Waals surface area contributed by atoms with Crippen LogP contribution in [0.4, 0.5) is 0 Å². The molecule has 2 unspecified atom stereocenters. The summed E-state index contributed by atoms with van der Waals surface area (Å²) < 4.78 is 11.6. The van der Waals surface area contributed by atoms with Gasteiger partial charge in [-0.2, -0.15) is 0 Å². The molecule has 5 nitrogen and oxygen atoms in total. The molecule has 2 atom stereocenters. The second kappa shape index (κ2) is 40.1. The molecule has 0 fully saturated rings. The van der Waals surface area contributed by atoms with Gasteiger partial charge in [0.2, 0.25) is 0 Å². The molecule has 0 rings (SSSR count). The maximum atomic E-state index is 12.9. The molecule has 51 heavy (non-hydrogen) atoms. The number of rotatable bonds is 41. The number of unbranched alkanes of at least 4 members (excludes halogenated alkanes) is 22. The second-order valence-electron chi connectivity index (χ2n) is 15.8. The van der Waals surface area contributed by atoms with Crippen molar-refractivity contribution in [2.24, 2.45) is 11.8 Å². The third-order valence-corrected chi connectivity index (χ3v) is 11.0. The van der Waals surface area contributed by atoms with Gasteiger partial charge in [-0.1, -0.05) is 189 Å². The predicted molar refractivity (Wildman–Crippen MR) is 221 cm³/mol. The molecule has 0 radical (unpaired) electrons. The van der Waals surface area contributed by atoms with E-state index >= 15 is 0 Å². The number of carbonyl (C=O) groups is 2. The molecular formula is C46H91NO4. The van der Waals surface area contributed by atoms with E-state index in [-0.39, 0.29) is 23.8 Å². The third-order valence-electron chi connectivity index (χ3n) is 11.0. The van der Waals surface area contributed by atoms with Crippen molar-refractivity contribution < 1.29 is 19.1 Å². The number of ether oxygens (including phenoxy) is 2. The number of nitrogens with zero attached hydrogens (tertiary/aromatic N) is 1. The van der Waals surface area contributed by atoms with E-state index in [4.69, 9.17) is 9.47 Å². The molecule has 0 aliphatic heterocycles. The van der Waals surface area contributed by atoms with Crippen LogP contribution < -0.4 is 0 Å². The fraction of sp³-hybridized carbons (Fsp3) is 0.957. The summed E-state index contributed by atoms with van der Waals surface area (Å²) in [5.41, 5.74) is 0. The van der Waals surface area contributed by atoms with Crippen molar-refractivity contribution in [3.8, 4) is 0 Å². The zero-order valence-electron chi connectivity index (χ0n) is 35.4. The fourth-order valence-corrected chi connectivity index (χ4v) is 7.33. The average Bonchev–Trinajstić information content (AvgIpc) is 3.14. The fourth-order valence-electron chi connectivity index (χ4n) is 7.33. The molecule has 0 bridgehead atoms. The van der Waals surface area contributed by atoms with Gasteiger partial charge in [0, 0.05) is 0 Å². The molecule has 0 aliphatic rings. The highest BCUT2D eigenvalue weighted by atomic mass is 16.5. The molecule has 0 heterocycles. The lowest BCUT2D eigenvalue weighted by molar-refractivity contribution is -0.150. The van der Waals surface area contributed by atoms with Gasteiger partial charge in [-0.05, 0) is 71.0 Å². The lowest BCUT2D eigenvalue weighted by Gasteiger charge is -2.20. The van der Waals surface area contributed by atoms with E-state index in [0.29, 0.717) is 13.2 Å². The molecule has 0 saturated carbocycles. The molecule has 0 spiro atoms. The van der Waals surface area contributed by atoms with E-state index in [1.807, 2.05) is 0 Å². The van der Waals surface area contributed by atoms with Crippen LogP contribution >= 0.6 is 0 Å². The SMILES string of the molecule is CCCCCCCCC(CCCCCC)C(=O)OCCCCCCN(CC)CCCCCCOC(=O)C(CCCCCC)CCCCCCCC. The van der Waals surface area contributed by atoms with Gasteiger partial charge >= 0.3 is 11.9 Å². The second-order valence-corrected chi connectivity index (χ2v) is 15.8. The van der Waals surface area contributed by atoms with Crippen LogP contribution in [0.5, 0.6) is 0 Å². The summed E-state index contributed by atoms with van der Waals surface area (Å²) in [7, 11) is 0. The van der Waals surface area contributed by atoms with Crippen LogP contribution in [-0.4, -0.2) is 49.7 Å². The summed E-state index contributed by atoms with van der Waals surface area (Å²) in [4.78, 5) is 28.4. The maximum absolute atomic E-state index is 12.9. The van der Waals surface area contributed by atoms with E-state index in [2.05, 4.69) is 39.5 Å². The van der Waals surface area contributed by atoms with Crippen LogP contribution in [0.25, 0.3) is 0 Å². The van der Waals surface area contributed by atoms with Crippen LogP contribution in [0, 0.1) is 11.8 Å². The lowest BCUT2D eigenvalue weighted by Crippen LogP contribution is -2.25. The van der Waals surface area contributed by atoms with Gasteiger partial charge in [0.25, 0.3) is 0 Å². The Bertz CT molecular complexity index is 670. The first kappa shape index (κ1) is 49.9. The van der Waals surface area contributed by atoms with E-state index in [0.717, 1.165) is 83.8 Å². The zero-order valence-corrected chi connectivity index (χ0v) is 35.4. The highest BCUT2D eigenvalue weighted by Gasteiger charge is 2.20. The Morgan fingerprint density at radius 1 is 0.373 bits per heavy atom. The van der Waals surface area contributed by atoms with Gasteiger partial charge in [-0.25, -0.2) is 0 Å². The Kier molecular flexibility index (Phi) is 39.2. The summed E-state index contributed by atoms with van der Waals surface area (Å²) >= 11 is 0. The zero-order chi connectivity index (χ0) is 37.5. The van der Waals surface area contributed by atoms with Gasteiger partial charge < -0.3 is 14.4 Å². The van der Waals surface area contributed by atoms with Crippen molar-refractivity contribution in [3.63, 3.8) is 0 Å². The summed E-state index contributed by atoms with van der Waals surface area (Å²) in [6.45, 7) is 15.9. The molecule has 0 aliphatic carbocycles. The Morgan fingerprint density at radius 2 is 0.647 bits per heavy atom. The van der Waals surface area contributed by atoms with Crippen LogP contribution in [0.15, 0.2) is 0 Å². The minimum atomic E-state index is 0.0703. The minimum Gasteiger partial charge on any atom is -0.465 e. The third kappa shape index (κ3) is 33.2. The average molecular weight is 722 g/mol. The highest BCUT2D eigenvalue weighted by Crippen LogP contribution is 2.22. The first-order valence-corrected chi connectivity index (χ1v) is 23.1. The molecule has 5 heteroatoms. The number of esters is 2. The van der Waals surface area contributed by atoms with Crippen molar-refractivity contribution in [1.29, 1.82) is 0 Å². The van der Waals surface area contributed by atoms with Crippen LogP contribution in [0.3, 0.4) is 0 Å². The normalized spacial score (nSPS) is 12.7. The van der Waals surface area contributed by atoms with E-state index in [9.17, 15) is 9.59 Å². The lowest BCUT2D eigenvalue weighted by atomic mass is 9.94. The van der Waals surface area contributed by atoms with Crippen molar-refractivity contribution in [2.75, 3.05) is 32.8 Å². The molecule has 0 aromatic carbocycles. The maximum Gasteiger partial charge on any atom is 0.308 e. The first-order chi connectivity index (χ1) is 25.0. The van der Waals surface area contributed by atoms with Gasteiger partial charge in [0.15, 0.2) is 0 Å². The Hall–Kier alpha value is -1.10. The van der Waals surface area contributed by atoms with Gasteiger partial charge in [0.05, 0.1) is 25.0 Å². The van der Waals surface area contributed by atoms with Crippen LogP contribution in [-0.2, 0) is 19.1 Å². The van der Waals surface area contributed by atoms with Crippen LogP contribution in [0.2, 0.25) is 0 Å².